The third kappa shape index (κ3) is 3.88. The van der Waals surface area contributed by atoms with E-state index in [9.17, 15) is 9.59 Å². The van der Waals surface area contributed by atoms with E-state index in [0.717, 1.165) is 19.6 Å². The summed E-state index contributed by atoms with van der Waals surface area (Å²) < 4.78 is 5.29. The third-order valence-corrected chi connectivity index (χ3v) is 4.39. The van der Waals surface area contributed by atoms with Crippen LogP contribution in [0, 0.1) is 0 Å². The van der Waals surface area contributed by atoms with Gasteiger partial charge in [0.15, 0.2) is 5.78 Å². The molecule has 0 saturated carbocycles. The Morgan fingerprint density at radius 1 is 1.36 bits per heavy atom. The first-order valence-electron chi connectivity index (χ1n) is 8.39. The number of nitrogens with two attached hydrogens (primary N) is 1. The van der Waals surface area contributed by atoms with Crippen molar-refractivity contribution < 1.29 is 9.53 Å². The molecule has 3 rings (SSSR count). The molecule has 3 N–H and O–H groups in total. The van der Waals surface area contributed by atoms with Crippen LogP contribution >= 0.6 is 0 Å². The molecule has 132 valence electrons. The van der Waals surface area contributed by atoms with Crippen LogP contribution in [-0.2, 0) is 0 Å². The quantitative estimate of drug-likeness (QED) is 0.634. The highest BCUT2D eigenvalue weighted by atomic mass is 16.5. The van der Waals surface area contributed by atoms with Crippen LogP contribution in [-0.4, -0.2) is 47.4 Å². The molecule has 1 saturated heterocycles. The Labute approximate surface area is 145 Å². The summed E-state index contributed by atoms with van der Waals surface area (Å²) in [6.45, 7) is 2.89. The highest BCUT2D eigenvalue weighted by Gasteiger charge is 2.14. The number of ketones is 1. The van der Waals surface area contributed by atoms with Gasteiger partial charge in [0.2, 0.25) is 5.95 Å². The fourth-order valence-corrected chi connectivity index (χ4v) is 3.09. The Bertz CT molecular complexity index is 866. The lowest BCUT2D eigenvalue weighted by Crippen LogP contribution is -2.29. The fourth-order valence-electron chi connectivity index (χ4n) is 3.09. The van der Waals surface area contributed by atoms with Gasteiger partial charge in [-0.2, -0.15) is 0 Å². The first kappa shape index (κ1) is 17.2. The number of nitrogen functional groups attached to an aromatic ring is 1. The van der Waals surface area contributed by atoms with Crippen molar-refractivity contribution >= 4 is 22.6 Å². The molecule has 1 fully saturated rings. The van der Waals surface area contributed by atoms with E-state index < -0.39 is 0 Å². The van der Waals surface area contributed by atoms with Crippen molar-refractivity contribution in [3.8, 4) is 5.75 Å². The van der Waals surface area contributed by atoms with Gasteiger partial charge < -0.3 is 10.5 Å². The molecule has 25 heavy (non-hydrogen) atoms. The van der Waals surface area contributed by atoms with Crippen molar-refractivity contribution in [1.82, 2.24) is 14.9 Å². The van der Waals surface area contributed by atoms with Gasteiger partial charge in [0.05, 0.1) is 23.6 Å². The Morgan fingerprint density at radius 2 is 2.12 bits per heavy atom. The van der Waals surface area contributed by atoms with Crippen LogP contribution in [0.4, 0.5) is 5.95 Å². The maximum absolute atomic E-state index is 12.5. The lowest BCUT2D eigenvalue weighted by atomic mass is 10.1. The van der Waals surface area contributed by atoms with E-state index in [1.807, 2.05) is 6.08 Å². The van der Waals surface area contributed by atoms with E-state index in [2.05, 4.69) is 14.9 Å². The van der Waals surface area contributed by atoms with E-state index in [1.54, 1.807) is 6.07 Å². The second-order valence-electron chi connectivity index (χ2n) is 6.15. The van der Waals surface area contributed by atoms with Gasteiger partial charge in [-0.25, -0.2) is 4.98 Å². The first-order valence-corrected chi connectivity index (χ1v) is 8.39. The molecule has 1 aliphatic heterocycles. The van der Waals surface area contributed by atoms with Gasteiger partial charge in [0.25, 0.3) is 5.56 Å². The highest BCUT2D eigenvalue weighted by molar-refractivity contribution is 6.08. The van der Waals surface area contributed by atoms with Crippen LogP contribution in [0.3, 0.4) is 0 Å². The monoisotopic (exact) mass is 342 g/mol. The number of methoxy groups -OCH3 is 1. The number of allylic oxidation sites excluding steroid dienone is 1. The number of nitrogens with zero attached hydrogens (tertiary/aromatic N) is 2. The zero-order chi connectivity index (χ0) is 17.8. The second-order valence-corrected chi connectivity index (χ2v) is 6.15. The van der Waals surface area contributed by atoms with E-state index in [1.165, 1.54) is 38.5 Å². The van der Waals surface area contributed by atoms with Crippen molar-refractivity contribution in [2.45, 2.75) is 19.3 Å². The summed E-state index contributed by atoms with van der Waals surface area (Å²) in [5.74, 6) is 0.199. The number of carbonyl (C=O) groups is 1. The van der Waals surface area contributed by atoms with Crippen LogP contribution in [0.5, 0.6) is 5.75 Å². The van der Waals surface area contributed by atoms with Crippen molar-refractivity contribution in [3.05, 3.63) is 40.2 Å². The van der Waals surface area contributed by atoms with E-state index >= 15 is 0 Å². The highest BCUT2D eigenvalue weighted by Crippen LogP contribution is 2.24. The molecule has 0 aliphatic carbocycles. The largest absolute Gasteiger partial charge is 0.496 e. The summed E-state index contributed by atoms with van der Waals surface area (Å²) in [6.07, 6.45) is 7.10. The number of ether oxygens (including phenoxy) is 1. The number of likely N-dealkylation sites (tertiary alicyclic amines) is 1. The van der Waals surface area contributed by atoms with E-state index in [-0.39, 0.29) is 17.3 Å². The molecule has 7 heteroatoms. The van der Waals surface area contributed by atoms with Gasteiger partial charge in [0.1, 0.15) is 5.75 Å². The summed E-state index contributed by atoms with van der Waals surface area (Å²) in [7, 11) is 1.48. The molecular formula is C18H22N4O3. The van der Waals surface area contributed by atoms with Crippen molar-refractivity contribution in [1.29, 1.82) is 0 Å². The standard InChI is InChI=1S/C18H22N4O3/c1-25-16-11-14-12(17(24)21-18(19)20-14)10-13(16)15(23)6-5-9-22-7-3-2-4-8-22/h5-6,10-11H,2-4,7-9H2,1H3,(H3,19,20,21,24). The van der Waals surface area contributed by atoms with E-state index in [4.69, 9.17) is 10.5 Å². The number of anilines is 1. The zero-order valence-electron chi connectivity index (χ0n) is 14.2. The lowest BCUT2D eigenvalue weighted by Gasteiger charge is -2.24. The number of H-pyrrole nitrogens is 1. The summed E-state index contributed by atoms with van der Waals surface area (Å²) >= 11 is 0. The molecule has 2 heterocycles. The van der Waals surface area contributed by atoms with Crippen LogP contribution in [0.2, 0.25) is 0 Å². The van der Waals surface area contributed by atoms with Crippen LogP contribution < -0.4 is 16.0 Å². The Balaban J connectivity index is 1.85. The Hall–Kier alpha value is -2.67. The number of rotatable bonds is 5. The predicted molar refractivity (Wildman–Crippen MR) is 97.1 cm³/mol. The molecule has 0 radical (unpaired) electrons. The number of piperidine rings is 1. The summed E-state index contributed by atoms with van der Waals surface area (Å²) in [4.78, 5) is 33.4. The fraction of sp³-hybridized carbons (Fsp3) is 0.389. The van der Waals surface area contributed by atoms with Crippen LogP contribution in [0.1, 0.15) is 29.6 Å². The molecular weight excluding hydrogens is 320 g/mol. The SMILES string of the molecule is COc1cc2nc(N)[nH]c(=O)c2cc1C(=O)C=CCN1CCCCC1. The molecule has 7 nitrogen and oxygen atoms in total. The van der Waals surface area contributed by atoms with E-state index in [0.29, 0.717) is 22.2 Å². The topological polar surface area (TPSA) is 101 Å². The smallest absolute Gasteiger partial charge is 0.260 e. The number of benzene rings is 1. The molecule has 0 atom stereocenters. The van der Waals surface area contributed by atoms with Crippen molar-refractivity contribution in [3.63, 3.8) is 0 Å². The molecule has 1 aromatic carbocycles. The summed E-state index contributed by atoms with van der Waals surface area (Å²) in [5.41, 5.74) is 5.91. The lowest BCUT2D eigenvalue weighted by molar-refractivity contribution is 0.104. The molecule has 1 aromatic heterocycles. The zero-order valence-corrected chi connectivity index (χ0v) is 14.2. The number of hydrogen-bond acceptors (Lipinski definition) is 6. The minimum atomic E-state index is -0.378. The van der Waals surface area contributed by atoms with Gasteiger partial charge in [-0.3, -0.25) is 19.5 Å². The average molecular weight is 342 g/mol. The molecule has 0 amide bonds. The summed E-state index contributed by atoms with van der Waals surface area (Å²) in [5, 5.41) is 0.308. The summed E-state index contributed by atoms with van der Waals surface area (Å²) in [6, 6.07) is 3.07. The van der Waals surface area contributed by atoms with Gasteiger partial charge in [-0.05, 0) is 38.1 Å². The molecule has 1 aliphatic rings. The Kier molecular flexibility index (Phi) is 5.14. The number of carbonyl (C=O) groups excluding carboxylic acids is 1. The molecule has 0 unspecified atom stereocenters. The molecule has 2 aromatic rings. The van der Waals surface area contributed by atoms with Crippen LogP contribution in [0.25, 0.3) is 10.9 Å². The minimum absolute atomic E-state index is 0.0278. The van der Waals surface area contributed by atoms with Crippen molar-refractivity contribution in [2.24, 2.45) is 0 Å². The molecule has 0 bridgehead atoms. The Morgan fingerprint density at radius 3 is 2.84 bits per heavy atom. The number of aromatic amines is 1. The van der Waals surface area contributed by atoms with Gasteiger partial charge >= 0.3 is 0 Å². The molecule has 0 spiro atoms. The average Bonchev–Trinajstić information content (AvgIpc) is 2.61. The van der Waals surface area contributed by atoms with Gasteiger partial charge in [0, 0.05) is 12.6 Å². The van der Waals surface area contributed by atoms with Crippen LogP contribution in [0.15, 0.2) is 29.1 Å². The van der Waals surface area contributed by atoms with Gasteiger partial charge in [-0.15, -0.1) is 0 Å². The van der Waals surface area contributed by atoms with Gasteiger partial charge in [-0.1, -0.05) is 12.5 Å². The first-order chi connectivity index (χ1) is 12.1. The predicted octanol–water partition coefficient (Wildman–Crippen LogP) is 1.74. The maximum Gasteiger partial charge on any atom is 0.260 e. The number of aromatic nitrogens is 2. The van der Waals surface area contributed by atoms with Crippen molar-refractivity contribution in [2.75, 3.05) is 32.5 Å². The third-order valence-electron chi connectivity index (χ3n) is 4.39. The second kappa shape index (κ2) is 7.48. The number of hydrogen-bond donors (Lipinski definition) is 2. The number of fused-ring (bicyclic) bond motifs is 1. The number of nitrogens with one attached hydrogen (secondary N) is 1. The normalized spacial score (nSPS) is 15.7. The minimum Gasteiger partial charge on any atom is -0.496 e. The maximum atomic E-state index is 12.5.